The van der Waals surface area contributed by atoms with E-state index in [0.29, 0.717) is 42.1 Å². The lowest BCUT2D eigenvalue weighted by Crippen LogP contribution is -2.42. The van der Waals surface area contributed by atoms with Gasteiger partial charge >= 0.3 is 0 Å². The summed E-state index contributed by atoms with van der Waals surface area (Å²) in [5.41, 5.74) is 3.34. The fourth-order valence-electron chi connectivity index (χ4n) is 2.96. The molecule has 2 aromatic rings. The van der Waals surface area contributed by atoms with E-state index in [9.17, 15) is 14.0 Å². The van der Waals surface area contributed by atoms with Crippen LogP contribution in [0.3, 0.4) is 0 Å². The van der Waals surface area contributed by atoms with Crippen molar-refractivity contribution in [3.63, 3.8) is 0 Å². The highest BCUT2D eigenvalue weighted by Gasteiger charge is 2.27. The molecule has 5 nitrogen and oxygen atoms in total. The van der Waals surface area contributed by atoms with Gasteiger partial charge in [0.05, 0.1) is 6.21 Å². The molecule has 0 bridgehead atoms. The van der Waals surface area contributed by atoms with E-state index in [4.69, 9.17) is 11.6 Å². The van der Waals surface area contributed by atoms with Gasteiger partial charge in [0.1, 0.15) is 5.82 Å². The Kier molecular flexibility index (Phi) is 6.19. The molecule has 2 amide bonds. The third-order valence-corrected chi connectivity index (χ3v) is 4.78. The van der Waals surface area contributed by atoms with Crippen LogP contribution in [0.15, 0.2) is 53.6 Å². The molecule has 0 aromatic heterocycles. The summed E-state index contributed by atoms with van der Waals surface area (Å²) in [4.78, 5) is 26.4. The Morgan fingerprint density at radius 1 is 1.11 bits per heavy atom. The standard InChI is InChI=1S/C20H19ClFN3O2/c21-17-7-5-15(6-8-17)20(27)25-11-9-14(10-12-25)19(26)24-23-13-16-3-1-2-4-18(16)22/h1-8,13-14H,9-12H2,(H,24,26)/b23-13-. The minimum absolute atomic E-state index is 0.0666. The van der Waals surface area contributed by atoms with Crippen molar-refractivity contribution in [3.05, 3.63) is 70.5 Å². The van der Waals surface area contributed by atoms with E-state index in [1.54, 1.807) is 47.4 Å². The van der Waals surface area contributed by atoms with Gasteiger partial charge < -0.3 is 4.90 Å². The van der Waals surface area contributed by atoms with Crippen molar-refractivity contribution in [3.8, 4) is 0 Å². The number of hydrazone groups is 1. The van der Waals surface area contributed by atoms with E-state index in [2.05, 4.69) is 10.5 Å². The Balaban J connectivity index is 1.50. The summed E-state index contributed by atoms with van der Waals surface area (Å²) in [6.45, 7) is 0.993. The summed E-state index contributed by atoms with van der Waals surface area (Å²) in [6.07, 6.45) is 2.40. The Labute approximate surface area is 161 Å². The van der Waals surface area contributed by atoms with E-state index in [1.165, 1.54) is 12.3 Å². The molecule has 1 fully saturated rings. The molecule has 1 aliphatic heterocycles. The van der Waals surface area contributed by atoms with Gasteiger partial charge in [0.15, 0.2) is 0 Å². The van der Waals surface area contributed by atoms with Gasteiger partial charge in [-0.25, -0.2) is 9.82 Å². The van der Waals surface area contributed by atoms with Crippen LogP contribution in [0.5, 0.6) is 0 Å². The normalized spacial score (nSPS) is 15.1. The molecule has 1 saturated heterocycles. The third kappa shape index (κ3) is 4.92. The molecule has 0 unspecified atom stereocenters. The van der Waals surface area contributed by atoms with Crippen LogP contribution >= 0.6 is 11.6 Å². The van der Waals surface area contributed by atoms with Crippen molar-refractivity contribution < 1.29 is 14.0 Å². The molecule has 0 saturated carbocycles. The molecule has 1 N–H and O–H groups in total. The van der Waals surface area contributed by atoms with Crippen LogP contribution in [0.25, 0.3) is 0 Å². The highest BCUT2D eigenvalue weighted by atomic mass is 35.5. The van der Waals surface area contributed by atoms with Crippen molar-refractivity contribution in [1.29, 1.82) is 0 Å². The minimum atomic E-state index is -0.399. The zero-order valence-corrected chi connectivity index (χ0v) is 15.3. The number of amides is 2. The highest BCUT2D eigenvalue weighted by molar-refractivity contribution is 6.30. The van der Waals surface area contributed by atoms with Crippen LogP contribution in [0, 0.1) is 11.7 Å². The maximum absolute atomic E-state index is 13.5. The van der Waals surface area contributed by atoms with Crippen LogP contribution in [0.2, 0.25) is 5.02 Å². The fraction of sp³-hybridized carbons (Fsp3) is 0.250. The van der Waals surface area contributed by atoms with E-state index in [-0.39, 0.29) is 17.7 Å². The Bertz CT molecular complexity index is 847. The van der Waals surface area contributed by atoms with Gasteiger partial charge in [-0.3, -0.25) is 9.59 Å². The monoisotopic (exact) mass is 387 g/mol. The van der Waals surface area contributed by atoms with Crippen molar-refractivity contribution in [2.24, 2.45) is 11.0 Å². The largest absolute Gasteiger partial charge is 0.339 e. The summed E-state index contributed by atoms with van der Waals surface area (Å²) in [5, 5.41) is 4.41. The van der Waals surface area contributed by atoms with Gasteiger partial charge in [-0.05, 0) is 43.2 Å². The number of rotatable bonds is 4. The first kappa shape index (κ1) is 19.0. The summed E-state index contributed by atoms with van der Waals surface area (Å²) in [6, 6.07) is 12.9. The number of hydrogen-bond acceptors (Lipinski definition) is 3. The number of piperidine rings is 1. The number of halogens is 2. The van der Waals surface area contributed by atoms with Crippen LogP contribution in [-0.2, 0) is 4.79 Å². The number of likely N-dealkylation sites (tertiary alicyclic amines) is 1. The van der Waals surface area contributed by atoms with Crippen molar-refractivity contribution in [2.45, 2.75) is 12.8 Å². The molecular weight excluding hydrogens is 369 g/mol. The Morgan fingerprint density at radius 3 is 2.44 bits per heavy atom. The molecule has 1 aliphatic rings. The molecule has 27 heavy (non-hydrogen) atoms. The first-order valence-electron chi connectivity index (χ1n) is 8.67. The summed E-state index contributed by atoms with van der Waals surface area (Å²) >= 11 is 5.84. The topological polar surface area (TPSA) is 61.8 Å². The SMILES string of the molecule is O=C(N/N=C\c1ccccc1F)C1CCN(C(=O)c2ccc(Cl)cc2)CC1. The van der Waals surface area contributed by atoms with Gasteiger partial charge in [-0.1, -0.05) is 29.8 Å². The zero-order chi connectivity index (χ0) is 19.2. The molecule has 3 rings (SSSR count). The number of hydrogen-bond donors (Lipinski definition) is 1. The first-order valence-corrected chi connectivity index (χ1v) is 9.04. The molecule has 7 heteroatoms. The average molecular weight is 388 g/mol. The van der Waals surface area contributed by atoms with Gasteiger partial charge in [0.2, 0.25) is 5.91 Å². The van der Waals surface area contributed by atoms with E-state index in [1.807, 2.05) is 0 Å². The molecular formula is C20H19ClFN3O2. The lowest BCUT2D eigenvalue weighted by atomic mass is 9.95. The number of nitrogens with one attached hydrogen (secondary N) is 1. The highest BCUT2D eigenvalue weighted by Crippen LogP contribution is 2.20. The van der Waals surface area contributed by atoms with Crippen LogP contribution in [-0.4, -0.2) is 36.0 Å². The second kappa shape index (κ2) is 8.77. The second-order valence-corrected chi connectivity index (χ2v) is 6.77. The molecule has 2 aromatic carbocycles. The third-order valence-electron chi connectivity index (χ3n) is 4.53. The first-order chi connectivity index (χ1) is 13.0. The zero-order valence-electron chi connectivity index (χ0n) is 14.6. The molecule has 1 heterocycles. The van der Waals surface area contributed by atoms with Crippen LogP contribution in [0.4, 0.5) is 4.39 Å². The van der Waals surface area contributed by atoms with Crippen molar-refractivity contribution in [2.75, 3.05) is 13.1 Å². The van der Waals surface area contributed by atoms with Crippen LogP contribution < -0.4 is 5.43 Å². The van der Waals surface area contributed by atoms with Gasteiger partial charge in [-0.2, -0.15) is 5.10 Å². The number of nitrogens with zero attached hydrogens (tertiary/aromatic N) is 2. The summed E-state index contributed by atoms with van der Waals surface area (Å²) in [5.74, 6) is -0.911. The fourth-order valence-corrected chi connectivity index (χ4v) is 3.08. The molecule has 0 spiro atoms. The number of carbonyl (C=O) groups excluding carboxylic acids is 2. The van der Waals surface area contributed by atoms with Gasteiger partial charge in [0.25, 0.3) is 5.91 Å². The van der Waals surface area contributed by atoms with Crippen molar-refractivity contribution >= 4 is 29.6 Å². The van der Waals surface area contributed by atoms with E-state index >= 15 is 0 Å². The molecule has 0 radical (unpaired) electrons. The van der Waals surface area contributed by atoms with Crippen molar-refractivity contribution in [1.82, 2.24) is 10.3 Å². The Hall–Kier alpha value is -2.73. The summed E-state index contributed by atoms with van der Waals surface area (Å²) in [7, 11) is 0. The molecule has 0 atom stereocenters. The maximum atomic E-state index is 13.5. The lowest BCUT2D eigenvalue weighted by Gasteiger charge is -2.31. The summed E-state index contributed by atoms with van der Waals surface area (Å²) < 4.78 is 13.5. The van der Waals surface area contributed by atoms with Gasteiger partial charge in [-0.15, -0.1) is 0 Å². The smallest absolute Gasteiger partial charge is 0.253 e. The predicted molar refractivity (Wildman–Crippen MR) is 102 cm³/mol. The minimum Gasteiger partial charge on any atom is -0.339 e. The van der Waals surface area contributed by atoms with Crippen LogP contribution in [0.1, 0.15) is 28.8 Å². The lowest BCUT2D eigenvalue weighted by molar-refractivity contribution is -0.126. The maximum Gasteiger partial charge on any atom is 0.253 e. The second-order valence-electron chi connectivity index (χ2n) is 6.33. The Morgan fingerprint density at radius 2 is 1.78 bits per heavy atom. The number of benzene rings is 2. The number of carbonyl (C=O) groups is 2. The molecule has 0 aliphatic carbocycles. The van der Waals surface area contributed by atoms with Gasteiger partial charge in [0, 0.05) is 35.2 Å². The average Bonchev–Trinajstić information content (AvgIpc) is 2.69. The quantitative estimate of drug-likeness (QED) is 0.645. The van der Waals surface area contributed by atoms with E-state index in [0.717, 1.165) is 0 Å². The van der Waals surface area contributed by atoms with E-state index < -0.39 is 5.82 Å². The predicted octanol–water partition coefficient (Wildman–Crippen LogP) is 3.48. The molecule has 140 valence electrons.